The van der Waals surface area contributed by atoms with E-state index in [0.717, 1.165) is 29.8 Å². The Bertz CT molecular complexity index is 941. The van der Waals surface area contributed by atoms with Gasteiger partial charge in [0.1, 0.15) is 11.5 Å². The Balaban J connectivity index is 2.04. The normalized spacial score (nSPS) is 16.0. The molecule has 29 heavy (non-hydrogen) atoms. The average molecular weight is 401 g/mol. The second-order valence-electron chi connectivity index (χ2n) is 7.58. The number of piperidine rings is 1. The molecule has 0 bridgehead atoms. The Labute approximate surface area is 169 Å². The molecule has 1 aliphatic heterocycles. The van der Waals surface area contributed by atoms with Crippen LogP contribution in [0.25, 0.3) is 5.65 Å². The monoisotopic (exact) mass is 401 g/mol. The Kier molecular flexibility index (Phi) is 5.93. The maximum atomic E-state index is 12.1. The van der Waals surface area contributed by atoms with E-state index in [-0.39, 0.29) is 23.7 Å². The number of nitrogens with zero attached hydrogens (tertiary/aromatic N) is 3. The molecule has 8 nitrogen and oxygen atoms in total. The first-order valence-corrected chi connectivity index (χ1v) is 9.59. The number of anilines is 1. The van der Waals surface area contributed by atoms with Crippen molar-refractivity contribution in [2.24, 2.45) is 0 Å². The highest BCUT2D eigenvalue weighted by molar-refractivity contribution is 5.86. The molecule has 3 rings (SSSR count). The first kappa shape index (κ1) is 20.9. The van der Waals surface area contributed by atoms with Crippen LogP contribution in [0.5, 0.6) is 0 Å². The molecule has 0 unspecified atom stereocenters. The fraction of sp³-hybridized carbons (Fsp3) is 0.476. The number of imidazole rings is 1. The fourth-order valence-electron chi connectivity index (χ4n) is 3.75. The first-order chi connectivity index (χ1) is 13.8. The summed E-state index contributed by atoms with van der Waals surface area (Å²) in [7, 11) is 1.36. The van der Waals surface area contributed by atoms with Gasteiger partial charge in [-0.2, -0.15) is 0 Å². The highest BCUT2D eigenvalue weighted by atomic mass is 16.5. The maximum absolute atomic E-state index is 12.1. The molecule has 0 aromatic carbocycles. The molecule has 1 saturated heterocycles. The second-order valence-corrected chi connectivity index (χ2v) is 7.58. The molecule has 1 fully saturated rings. The third-order valence-electron chi connectivity index (χ3n) is 5.49. The molecule has 8 heteroatoms. The van der Waals surface area contributed by atoms with E-state index in [1.807, 2.05) is 6.92 Å². The lowest BCUT2D eigenvalue weighted by molar-refractivity contribution is -0.139. The van der Waals surface area contributed by atoms with E-state index in [0.29, 0.717) is 25.3 Å². The third kappa shape index (κ3) is 4.27. The highest BCUT2D eigenvalue weighted by Gasteiger charge is 2.33. The SMILES string of the molecule is C=CCOC1(C)CCN(c2c(CC(=O)OC)c(C)cc3nc(C(=O)O)cn23)CC1. The van der Waals surface area contributed by atoms with Gasteiger partial charge >= 0.3 is 11.9 Å². The number of methoxy groups -OCH3 is 1. The van der Waals surface area contributed by atoms with Crippen molar-refractivity contribution in [1.29, 1.82) is 0 Å². The number of rotatable bonds is 7. The van der Waals surface area contributed by atoms with Gasteiger partial charge in [-0.1, -0.05) is 6.08 Å². The Morgan fingerprint density at radius 1 is 1.38 bits per heavy atom. The molecule has 0 saturated carbocycles. The van der Waals surface area contributed by atoms with Gasteiger partial charge in [0.2, 0.25) is 0 Å². The Morgan fingerprint density at radius 3 is 2.66 bits per heavy atom. The van der Waals surface area contributed by atoms with Crippen molar-refractivity contribution in [2.45, 2.75) is 38.7 Å². The fourth-order valence-corrected chi connectivity index (χ4v) is 3.75. The molecular formula is C21H27N3O5. The molecule has 0 aliphatic carbocycles. The van der Waals surface area contributed by atoms with Crippen LogP contribution in [-0.2, 0) is 20.7 Å². The minimum atomic E-state index is -1.09. The zero-order valence-corrected chi connectivity index (χ0v) is 17.1. The molecular weight excluding hydrogens is 374 g/mol. The minimum absolute atomic E-state index is 0.0305. The first-order valence-electron chi connectivity index (χ1n) is 9.59. The van der Waals surface area contributed by atoms with E-state index < -0.39 is 5.97 Å². The van der Waals surface area contributed by atoms with Gasteiger partial charge in [-0.15, -0.1) is 6.58 Å². The van der Waals surface area contributed by atoms with Crippen molar-refractivity contribution in [3.8, 4) is 0 Å². The molecule has 0 spiro atoms. The maximum Gasteiger partial charge on any atom is 0.356 e. The van der Waals surface area contributed by atoms with Gasteiger partial charge in [0.15, 0.2) is 5.69 Å². The van der Waals surface area contributed by atoms with Crippen LogP contribution in [0, 0.1) is 6.92 Å². The Hall–Kier alpha value is -2.87. The molecule has 156 valence electrons. The predicted molar refractivity (Wildman–Crippen MR) is 109 cm³/mol. The zero-order valence-electron chi connectivity index (χ0n) is 17.1. The van der Waals surface area contributed by atoms with E-state index in [1.54, 1.807) is 16.5 Å². The van der Waals surface area contributed by atoms with Crippen LogP contribution in [0.1, 0.15) is 41.4 Å². The number of aryl methyl sites for hydroxylation is 1. The number of carboxylic acids is 1. The molecule has 2 aromatic heterocycles. The van der Waals surface area contributed by atoms with Gasteiger partial charge in [0.25, 0.3) is 0 Å². The van der Waals surface area contributed by atoms with E-state index in [2.05, 4.69) is 23.4 Å². The van der Waals surface area contributed by atoms with E-state index in [9.17, 15) is 14.7 Å². The van der Waals surface area contributed by atoms with Gasteiger partial charge in [-0.05, 0) is 38.3 Å². The number of aromatic nitrogens is 2. The summed E-state index contributed by atoms with van der Waals surface area (Å²) in [5.41, 5.74) is 1.96. The molecule has 0 amide bonds. The number of carbonyl (C=O) groups excluding carboxylic acids is 1. The quantitative estimate of drug-likeness (QED) is 0.563. The van der Waals surface area contributed by atoms with Crippen molar-refractivity contribution in [2.75, 3.05) is 31.7 Å². The lowest BCUT2D eigenvalue weighted by atomic mass is 9.92. The van der Waals surface area contributed by atoms with Gasteiger partial charge in [0.05, 0.1) is 25.7 Å². The zero-order chi connectivity index (χ0) is 21.2. The predicted octanol–water partition coefficient (Wildman–Crippen LogP) is 2.62. The number of hydrogen-bond acceptors (Lipinski definition) is 6. The van der Waals surface area contributed by atoms with Crippen LogP contribution < -0.4 is 4.90 Å². The standard InChI is InChI=1S/C21H27N3O5/c1-5-10-29-21(3)6-8-23(9-7-21)19-15(12-18(25)28-4)14(2)11-17-22-16(20(26)27)13-24(17)19/h5,11,13H,1,6-10,12H2,2-4H3,(H,26,27). The molecule has 3 heterocycles. The smallest absolute Gasteiger partial charge is 0.356 e. The van der Waals surface area contributed by atoms with Crippen LogP contribution in [0.3, 0.4) is 0 Å². The van der Waals surface area contributed by atoms with Crippen LogP contribution in [-0.4, -0.2) is 58.8 Å². The molecule has 1 aliphatic rings. The third-order valence-corrected chi connectivity index (χ3v) is 5.49. The highest BCUT2D eigenvalue weighted by Crippen LogP contribution is 2.33. The van der Waals surface area contributed by atoms with Gasteiger partial charge in [0, 0.05) is 24.8 Å². The molecule has 0 radical (unpaired) electrons. The van der Waals surface area contributed by atoms with E-state index in [1.165, 1.54) is 13.3 Å². The van der Waals surface area contributed by atoms with Gasteiger partial charge in [-0.25, -0.2) is 9.78 Å². The summed E-state index contributed by atoms with van der Waals surface area (Å²) in [6, 6.07) is 1.80. The van der Waals surface area contributed by atoms with Crippen molar-refractivity contribution < 1.29 is 24.2 Å². The summed E-state index contributed by atoms with van der Waals surface area (Å²) in [4.78, 5) is 29.9. The summed E-state index contributed by atoms with van der Waals surface area (Å²) >= 11 is 0. The van der Waals surface area contributed by atoms with Crippen LogP contribution >= 0.6 is 0 Å². The summed E-state index contributed by atoms with van der Waals surface area (Å²) in [6.07, 6.45) is 4.96. The summed E-state index contributed by atoms with van der Waals surface area (Å²) in [5, 5.41) is 9.37. The average Bonchev–Trinajstić information content (AvgIpc) is 3.11. The number of pyridine rings is 1. The molecule has 2 aromatic rings. The van der Waals surface area contributed by atoms with Crippen molar-refractivity contribution in [1.82, 2.24) is 9.38 Å². The van der Waals surface area contributed by atoms with Gasteiger partial charge in [-0.3, -0.25) is 9.20 Å². The lowest BCUT2D eigenvalue weighted by Crippen LogP contribution is -2.45. The summed E-state index contributed by atoms with van der Waals surface area (Å²) < 4.78 is 12.6. The summed E-state index contributed by atoms with van der Waals surface area (Å²) in [5.74, 6) is -0.643. The minimum Gasteiger partial charge on any atom is -0.476 e. The van der Waals surface area contributed by atoms with Crippen molar-refractivity contribution in [3.05, 3.63) is 41.7 Å². The van der Waals surface area contributed by atoms with Crippen molar-refractivity contribution in [3.63, 3.8) is 0 Å². The van der Waals surface area contributed by atoms with E-state index in [4.69, 9.17) is 9.47 Å². The van der Waals surface area contributed by atoms with Crippen LogP contribution in [0.2, 0.25) is 0 Å². The molecule has 1 N–H and O–H groups in total. The van der Waals surface area contributed by atoms with Crippen LogP contribution in [0.15, 0.2) is 24.9 Å². The second kappa shape index (κ2) is 8.24. The number of esters is 1. The topological polar surface area (TPSA) is 93.4 Å². The van der Waals surface area contributed by atoms with Crippen LogP contribution in [0.4, 0.5) is 5.82 Å². The van der Waals surface area contributed by atoms with Gasteiger partial charge < -0.3 is 19.5 Å². The summed E-state index contributed by atoms with van der Waals surface area (Å²) in [6.45, 7) is 9.62. The Morgan fingerprint density at radius 2 is 2.07 bits per heavy atom. The molecule has 0 atom stereocenters. The number of ether oxygens (including phenoxy) is 2. The number of fused-ring (bicyclic) bond motifs is 1. The van der Waals surface area contributed by atoms with E-state index >= 15 is 0 Å². The largest absolute Gasteiger partial charge is 0.476 e. The number of aromatic carboxylic acids is 1. The number of hydrogen-bond donors (Lipinski definition) is 1. The van der Waals surface area contributed by atoms with Crippen molar-refractivity contribution >= 4 is 23.4 Å². The number of carboxylic acid groups (broad SMARTS) is 1. The lowest BCUT2D eigenvalue weighted by Gasteiger charge is -2.41. The number of carbonyl (C=O) groups is 2.